The largest absolute Gasteiger partial charge is 0.491 e. The van der Waals surface area contributed by atoms with Gasteiger partial charge >= 0.3 is 0 Å². The number of carbonyl (C=O) groups is 1. The number of hydrogen-bond acceptors (Lipinski definition) is 3. The van der Waals surface area contributed by atoms with E-state index in [-0.39, 0.29) is 17.8 Å². The lowest BCUT2D eigenvalue weighted by Crippen LogP contribution is -2.31. The van der Waals surface area contributed by atoms with Crippen LogP contribution in [-0.2, 0) is 0 Å². The van der Waals surface area contributed by atoms with Crippen molar-refractivity contribution in [3.05, 3.63) is 29.8 Å². The zero-order valence-corrected chi connectivity index (χ0v) is 12.3. The first-order valence-corrected chi connectivity index (χ1v) is 7.57. The third-order valence-electron chi connectivity index (χ3n) is 3.86. The van der Waals surface area contributed by atoms with Crippen LogP contribution < -0.4 is 4.74 Å². The zero-order valence-electron chi connectivity index (χ0n) is 12.3. The van der Waals surface area contributed by atoms with E-state index in [0.717, 1.165) is 25.7 Å². The molecule has 1 unspecified atom stereocenters. The van der Waals surface area contributed by atoms with Crippen molar-refractivity contribution in [3.63, 3.8) is 0 Å². The molecule has 0 bridgehead atoms. The minimum absolute atomic E-state index is 0.0728. The van der Waals surface area contributed by atoms with E-state index in [1.165, 1.54) is 6.42 Å². The molecule has 0 spiro atoms. The molecule has 1 aliphatic carbocycles. The van der Waals surface area contributed by atoms with Crippen molar-refractivity contribution in [2.24, 2.45) is 5.92 Å². The molecule has 0 aliphatic heterocycles. The quantitative estimate of drug-likeness (QED) is 0.836. The summed E-state index contributed by atoms with van der Waals surface area (Å²) >= 11 is 0. The summed E-state index contributed by atoms with van der Waals surface area (Å²) in [6.07, 6.45) is 4.56. The van der Waals surface area contributed by atoms with E-state index in [2.05, 4.69) is 0 Å². The Balaban J connectivity index is 2.07. The minimum atomic E-state index is -0.871. The summed E-state index contributed by atoms with van der Waals surface area (Å²) in [6, 6.07) is 7.12. The number of rotatable bonds is 5. The maximum absolute atomic E-state index is 12.4. The van der Waals surface area contributed by atoms with Crippen LogP contribution in [0.25, 0.3) is 0 Å². The van der Waals surface area contributed by atoms with Crippen LogP contribution in [0, 0.1) is 5.92 Å². The number of ether oxygens (including phenoxy) is 1. The fourth-order valence-electron chi connectivity index (χ4n) is 2.83. The highest BCUT2D eigenvalue weighted by molar-refractivity contribution is 5.99. The molecule has 1 aromatic rings. The van der Waals surface area contributed by atoms with Crippen LogP contribution in [0.4, 0.5) is 0 Å². The van der Waals surface area contributed by atoms with Gasteiger partial charge in [-0.1, -0.05) is 31.4 Å². The van der Waals surface area contributed by atoms with Crippen LogP contribution in [-0.4, -0.2) is 23.1 Å². The first-order valence-electron chi connectivity index (χ1n) is 7.57. The Hall–Kier alpha value is -1.35. The Morgan fingerprint density at radius 2 is 1.95 bits per heavy atom. The van der Waals surface area contributed by atoms with Crippen LogP contribution in [0.5, 0.6) is 5.75 Å². The van der Waals surface area contributed by atoms with Crippen LogP contribution in [0.2, 0.25) is 0 Å². The lowest BCUT2D eigenvalue weighted by Gasteiger charge is -2.25. The minimum Gasteiger partial charge on any atom is -0.491 e. The van der Waals surface area contributed by atoms with Crippen LogP contribution in [0.3, 0.4) is 0 Å². The Labute approximate surface area is 121 Å². The number of hydrogen-bond donors (Lipinski definition) is 1. The number of ketones is 1. The van der Waals surface area contributed by atoms with Crippen molar-refractivity contribution >= 4 is 5.78 Å². The highest BCUT2D eigenvalue weighted by Gasteiger charge is 2.28. The molecule has 1 aromatic carbocycles. The number of benzene rings is 1. The SMILES string of the molecule is CC(C)Oc1cccc(C(=O)C(O)C2CCCCC2)c1. The first kappa shape index (κ1) is 15.0. The summed E-state index contributed by atoms with van der Waals surface area (Å²) < 4.78 is 5.60. The van der Waals surface area contributed by atoms with Crippen LogP contribution in [0.15, 0.2) is 24.3 Å². The zero-order chi connectivity index (χ0) is 14.5. The van der Waals surface area contributed by atoms with E-state index >= 15 is 0 Å². The molecule has 3 heteroatoms. The number of aliphatic hydroxyl groups is 1. The van der Waals surface area contributed by atoms with Gasteiger partial charge in [0.05, 0.1) is 6.10 Å². The van der Waals surface area contributed by atoms with Crippen LogP contribution in [0.1, 0.15) is 56.3 Å². The summed E-state index contributed by atoms with van der Waals surface area (Å²) in [4.78, 5) is 12.4. The highest BCUT2D eigenvalue weighted by atomic mass is 16.5. The molecule has 0 amide bonds. The molecule has 110 valence electrons. The molecular weight excluding hydrogens is 252 g/mol. The van der Waals surface area contributed by atoms with Gasteiger partial charge < -0.3 is 9.84 Å². The van der Waals surface area contributed by atoms with Crippen molar-refractivity contribution in [2.75, 3.05) is 0 Å². The second-order valence-electron chi connectivity index (χ2n) is 5.90. The number of aliphatic hydroxyl groups excluding tert-OH is 1. The maximum atomic E-state index is 12.4. The van der Waals surface area contributed by atoms with Gasteiger partial charge in [0.1, 0.15) is 11.9 Å². The second-order valence-corrected chi connectivity index (χ2v) is 5.90. The van der Waals surface area contributed by atoms with E-state index in [4.69, 9.17) is 4.74 Å². The molecule has 0 aromatic heterocycles. The average Bonchev–Trinajstić information content (AvgIpc) is 2.46. The van der Waals surface area contributed by atoms with Gasteiger partial charge in [-0.3, -0.25) is 4.79 Å². The normalized spacial score (nSPS) is 18.0. The third-order valence-corrected chi connectivity index (χ3v) is 3.86. The molecule has 0 heterocycles. The summed E-state index contributed by atoms with van der Waals surface area (Å²) in [5, 5.41) is 10.3. The lowest BCUT2D eigenvalue weighted by atomic mass is 9.82. The van der Waals surface area contributed by atoms with Gasteiger partial charge in [-0.05, 0) is 44.7 Å². The predicted molar refractivity (Wildman–Crippen MR) is 79.1 cm³/mol. The van der Waals surface area contributed by atoms with Crippen molar-refractivity contribution in [1.29, 1.82) is 0 Å². The van der Waals surface area contributed by atoms with E-state index in [1.54, 1.807) is 18.2 Å². The fourth-order valence-corrected chi connectivity index (χ4v) is 2.83. The van der Waals surface area contributed by atoms with Gasteiger partial charge in [-0.25, -0.2) is 0 Å². The maximum Gasteiger partial charge on any atom is 0.191 e. The molecule has 2 rings (SSSR count). The third kappa shape index (κ3) is 3.83. The molecular formula is C17H24O3. The molecule has 1 N–H and O–H groups in total. The molecule has 0 saturated heterocycles. The number of carbonyl (C=O) groups excluding carboxylic acids is 1. The van der Waals surface area contributed by atoms with Crippen molar-refractivity contribution in [2.45, 2.75) is 58.2 Å². The van der Waals surface area contributed by atoms with Crippen molar-refractivity contribution in [1.82, 2.24) is 0 Å². The lowest BCUT2D eigenvalue weighted by molar-refractivity contribution is 0.0534. The Kier molecular flexibility index (Phi) is 5.18. The summed E-state index contributed by atoms with van der Waals surface area (Å²) in [5.41, 5.74) is 0.543. The Morgan fingerprint density at radius 1 is 1.25 bits per heavy atom. The Bertz CT molecular complexity index is 447. The van der Waals surface area contributed by atoms with E-state index < -0.39 is 6.10 Å². The molecule has 1 fully saturated rings. The van der Waals surface area contributed by atoms with Gasteiger partial charge in [-0.2, -0.15) is 0 Å². The Morgan fingerprint density at radius 3 is 2.60 bits per heavy atom. The van der Waals surface area contributed by atoms with Gasteiger partial charge in [0, 0.05) is 5.56 Å². The number of Topliss-reactive ketones (excluding diaryl/α,β-unsaturated/α-hetero) is 1. The van der Waals surface area contributed by atoms with Crippen molar-refractivity contribution in [3.8, 4) is 5.75 Å². The van der Waals surface area contributed by atoms with Crippen molar-refractivity contribution < 1.29 is 14.6 Å². The van der Waals surface area contributed by atoms with E-state index in [1.807, 2.05) is 19.9 Å². The first-order chi connectivity index (χ1) is 9.58. The summed E-state index contributed by atoms with van der Waals surface area (Å²) in [5.74, 6) is 0.624. The molecule has 1 aliphatic rings. The topological polar surface area (TPSA) is 46.5 Å². The predicted octanol–water partition coefficient (Wildman–Crippen LogP) is 3.60. The van der Waals surface area contributed by atoms with E-state index in [9.17, 15) is 9.90 Å². The summed E-state index contributed by atoms with van der Waals surface area (Å²) in [6.45, 7) is 3.90. The second kappa shape index (κ2) is 6.89. The van der Waals surface area contributed by atoms with Gasteiger partial charge in [-0.15, -0.1) is 0 Å². The van der Waals surface area contributed by atoms with Gasteiger partial charge in [0.15, 0.2) is 5.78 Å². The standard InChI is InChI=1S/C17H24O3/c1-12(2)20-15-10-6-9-14(11-15)17(19)16(18)13-7-4-3-5-8-13/h6,9-13,16,18H,3-5,7-8H2,1-2H3. The smallest absolute Gasteiger partial charge is 0.191 e. The average molecular weight is 276 g/mol. The molecule has 1 atom stereocenters. The summed E-state index contributed by atoms with van der Waals surface area (Å²) in [7, 11) is 0. The van der Waals surface area contributed by atoms with E-state index in [0.29, 0.717) is 11.3 Å². The van der Waals surface area contributed by atoms with Gasteiger partial charge in [0.25, 0.3) is 0 Å². The molecule has 0 radical (unpaired) electrons. The van der Waals surface area contributed by atoms with Gasteiger partial charge in [0.2, 0.25) is 0 Å². The molecule has 20 heavy (non-hydrogen) atoms. The molecule has 1 saturated carbocycles. The fraction of sp³-hybridized carbons (Fsp3) is 0.588. The monoisotopic (exact) mass is 276 g/mol. The highest BCUT2D eigenvalue weighted by Crippen LogP contribution is 2.28. The van der Waals surface area contributed by atoms with Crippen LogP contribution >= 0.6 is 0 Å². The molecule has 3 nitrogen and oxygen atoms in total.